The normalized spacial score (nSPS) is 20.6. The number of carbonyl (C=O) groups excluding carboxylic acids is 1. The van der Waals surface area contributed by atoms with Crippen molar-refractivity contribution in [1.82, 2.24) is 14.8 Å². The van der Waals surface area contributed by atoms with Crippen LogP contribution in [0, 0.1) is 0 Å². The second-order valence-electron chi connectivity index (χ2n) is 7.61. The molecule has 2 unspecified atom stereocenters. The predicted octanol–water partition coefficient (Wildman–Crippen LogP) is 3.31. The summed E-state index contributed by atoms with van der Waals surface area (Å²) < 4.78 is 1.50. The van der Waals surface area contributed by atoms with Crippen LogP contribution in [0.15, 0.2) is 35.3 Å². The minimum absolute atomic E-state index is 0.0682. The fraction of sp³-hybridized carbons (Fsp3) is 0.524. The van der Waals surface area contributed by atoms with Crippen LogP contribution in [-0.2, 0) is 7.05 Å². The molecule has 0 bridgehead atoms. The summed E-state index contributed by atoms with van der Waals surface area (Å²) in [7, 11) is 1.69. The number of fused-ring (bicyclic) bond motifs is 1. The Hall–Kier alpha value is -2.34. The van der Waals surface area contributed by atoms with Gasteiger partial charge in [0.15, 0.2) is 0 Å². The van der Waals surface area contributed by atoms with Crippen molar-refractivity contribution in [2.75, 3.05) is 18.4 Å². The Morgan fingerprint density at radius 1 is 1.15 bits per heavy atom. The lowest BCUT2D eigenvalue weighted by molar-refractivity contribution is 0.102. The van der Waals surface area contributed by atoms with Crippen LogP contribution >= 0.6 is 0 Å². The van der Waals surface area contributed by atoms with Crippen LogP contribution in [0.3, 0.4) is 0 Å². The fourth-order valence-electron chi connectivity index (χ4n) is 4.06. The Balaban J connectivity index is 1.55. The van der Waals surface area contributed by atoms with Crippen molar-refractivity contribution < 1.29 is 4.79 Å². The number of piperidine rings is 1. The standard InChI is InChI=1S/C21H30N4O2/c1-15-8-6-9-16(2)25(15)13-7-12-22-21(27)23-19-14-24(3)20(26)18-11-5-4-10-17(18)19/h4-5,10-11,14-16H,6-9,12-13H2,1-3H3,(H2,22,23,27). The SMILES string of the molecule is CC1CCCC(C)N1CCCNC(=O)Nc1cn(C)c(=O)c2ccccc12. The topological polar surface area (TPSA) is 66.4 Å². The molecule has 6 nitrogen and oxygen atoms in total. The zero-order chi connectivity index (χ0) is 19.4. The molecule has 2 aromatic rings. The third-order valence-electron chi connectivity index (χ3n) is 5.59. The number of nitrogens with zero attached hydrogens (tertiary/aromatic N) is 2. The predicted molar refractivity (Wildman–Crippen MR) is 110 cm³/mol. The molecule has 146 valence electrons. The van der Waals surface area contributed by atoms with E-state index in [0.717, 1.165) is 18.4 Å². The quantitative estimate of drug-likeness (QED) is 0.794. The summed E-state index contributed by atoms with van der Waals surface area (Å²) in [5.41, 5.74) is 0.574. The summed E-state index contributed by atoms with van der Waals surface area (Å²) >= 11 is 0. The van der Waals surface area contributed by atoms with Gasteiger partial charge < -0.3 is 15.2 Å². The van der Waals surface area contributed by atoms with Gasteiger partial charge in [-0.15, -0.1) is 0 Å². The van der Waals surface area contributed by atoms with Gasteiger partial charge in [0, 0.05) is 49.2 Å². The summed E-state index contributed by atoms with van der Waals surface area (Å²) in [5, 5.41) is 7.18. The number of urea groups is 1. The summed E-state index contributed by atoms with van der Waals surface area (Å²) in [5.74, 6) is 0. The van der Waals surface area contributed by atoms with Gasteiger partial charge in [0.1, 0.15) is 0 Å². The van der Waals surface area contributed by atoms with Gasteiger partial charge in [-0.25, -0.2) is 4.79 Å². The highest BCUT2D eigenvalue weighted by Crippen LogP contribution is 2.22. The van der Waals surface area contributed by atoms with Crippen molar-refractivity contribution in [3.8, 4) is 0 Å². The van der Waals surface area contributed by atoms with Crippen molar-refractivity contribution in [1.29, 1.82) is 0 Å². The Morgan fingerprint density at radius 3 is 2.52 bits per heavy atom. The van der Waals surface area contributed by atoms with Crippen molar-refractivity contribution in [3.63, 3.8) is 0 Å². The minimum Gasteiger partial charge on any atom is -0.338 e. The van der Waals surface area contributed by atoms with Crippen LogP contribution in [0.2, 0.25) is 0 Å². The molecule has 3 rings (SSSR count). The molecule has 0 radical (unpaired) electrons. The molecule has 2 amide bonds. The van der Waals surface area contributed by atoms with E-state index < -0.39 is 0 Å². The highest BCUT2D eigenvalue weighted by Gasteiger charge is 2.23. The van der Waals surface area contributed by atoms with E-state index >= 15 is 0 Å². The van der Waals surface area contributed by atoms with E-state index in [1.807, 2.05) is 18.2 Å². The molecule has 1 fully saturated rings. The molecule has 1 aliphatic rings. The number of hydrogen-bond acceptors (Lipinski definition) is 3. The Bertz CT molecular complexity index is 851. The number of hydrogen-bond donors (Lipinski definition) is 2. The molecule has 0 saturated carbocycles. The van der Waals surface area contributed by atoms with Crippen molar-refractivity contribution in [2.24, 2.45) is 7.05 Å². The van der Waals surface area contributed by atoms with Gasteiger partial charge in [0.05, 0.1) is 5.69 Å². The largest absolute Gasteiger partial charge is 0.338 e. The van der Waals surface area contributed by atoms with Crippen molar-refractivity contribution in [3.05, 3.63) is 40.8 Å². The Morgan fingerprint density at radius 2 is 1.81 bits per heavy atom. The van der Waals surface area contributed by atoms with Crippen LogP contribution in [0.1, 0.15) is 39.5 Å². The molecule has 0 aliphatic carbocycles. The lowest BCUT2D eigenvalue weighted by Gasteiger charge is -2.39. The number of aromatic nitrogens is 1. The van der Waals surface area contributed by atoms with Crippen molar-refractivity contribution >= 4 is 22.5 Å². The van der Waals surface area contributed by atoms with Crippen molar-refractivity contribution in [2.45, 2.75) is 51.6 Å². The molecular weight excluding hydrogens is 340 g/mol. The van der Waals surface area contributed by atoms with E-state index in [1.54, 1.807) is 19.3 Å². The van der Waals surface area contributed by atoms with Crippen LogP contribution in [-0.4, -0.2) is 40.7 Å². The summed E-state index contributed by atoms with van der Waals surface area (Å²) in [6.45, 7) is 6.22. The summed E-state index contributed by atoms with van der Waals surface area (Å²) in [6, 6.07) is 8.34. The molecule has 1 aliphatic heterocycles. The first-order chi connectivity index (χ1) is 13.0. The van der Waals surface area contributed by atoms with E-state index in [0.29, 0.717) is 29.7 Å². The first kappa shape index (κ1) is 19.4. The second kappa shape index (κ2) is 8.57. The molecule has 2 N–H and O–H groups in total. The monoisotopic (exact) mass is 370 g/mol. The molecule has 2 atom stereocenters. The molecule has 6 heteroatoms. The number of carbonyl (C=O) groups is 1. The zero-order valence-electron chi connectivity index (χ0n) is 16.5. The maximum atomic E-state index is 12.3. The highest BCUT2D eigenvalue weighted by atomic mass is 16.2. The van der Waals surface area contributed by atoms with E-state index in [-0.39, 0.29) is 11.6 Å². The van der Waals surface area contributed by atoms with Crippen LogP contribution in [0.25, 0.3) is 10.8 Å². The Labute approximate surface area is 160 Å². The maximum Gasteiger partial charge on any atom is 0.319 e. The van der Waals surface area contributed by atoms with E-state index in [2.05, 4.69) is 29.4 Å². The molecule has 1 saturated heterocycles. The molecule has 1 aromatic heterocycles. The summed E-state index contributed by atoms with van der Waals surface area (Å²) in [6.07, 6.45) is 6.43. The minimum atomic E-state index is -0.237. The third-order valence-corrected chi connectivity index (χ3v) is 5.59. The average Bonchev–Trinajstić information content (AvgIpc) is 2.65. The second-order valence-corrected chi connectivity index (χ2v) is 7.61. The fourth-order valence-corrected chi connectivity index (χ4v) is 4.06. The molecule has 1 aromatic carbocycles. The van der Waals surface area contributed by atoms with E-state index in [4.69, 9.17) is 0 Å². The average molecular weight is 370 g/mol. The Kier molecular flexibility index (Phi) is 6.16. The molecular formula is C21H30N4O2. The summed E-state index contributed by atoms with van der Waals surface area (Å²) in [4.78, 5) is 27.1. The van der Waals surface area contributed by atoms with Crippen LogP contribution in [0.4, 0.5) is 10.5 Å². The number of nitrogens with one attached hydrogen (secondary N) is 2. The van der Waals surface area contributed by atoms with Gasteiger partial charge in [0.2, 0.25) is 0 Å². The van der Waals surface area contributed by atoms with E-state index in [1.165, 1.54) is 23.8 Å². The molecule has 2 heterocycles. The number of pyridine rings is 1. The number of anilines is 1. The molecule has 0 spiro atoms. The van der Waals surface area contributed by atoms with Crippen LogP contribution in [0.5, 0.6) is 0 Å². The number of likely N-dealkylation sites (tertiary alicyclic amines) is 1. The number of rotatable bonds is 5. The lowest BCUT2D eigenvalue weighted by Crippen LogP contribution is -2.45. The third kappa shape index (κ3) is 4.50. The number of benzene rings is 1. The van der Waals surface area contributed by atoms with Gasteiger partial charge in [-0.1, -0.05) is 24.6 Å². The zero-order valence-corrected chi connectivity index (χ0v) is 16.5. The number of aryl methyl sites for hydroxylation is 1. The maximum absolute atomic E-state index is 12.3. The number of amides is 2. The van der Waals surface area contributed by atoms with E-state index in [9.17, 15) is 9.59 Å². The highest BCUT2D eigenvalue weighted by molar-refractivity contribution is 6.00. The van der Waals surface area contributed by atoms with Gasteiger partial charge in [0.25, 0.3) is 5.56 Å². The first-order valence-corrected chi connectivity index (χ1v) is 9.86. The van der Waals surface area contributed by atoms with Gasteiger partial charge in [-0.2, -0.15) is 0 Å². The smallest absolute Gasteiger partial charge is 0.319 e. The van der Waals surface area contributed by atoms with Crippen LogP contribution < -0.4 is 16.2 Å². The van der Waals surface area contributed by atoms with Gasteiger partial charge in [-0.05, 0) is 39.2 Å². The van der Waals surface area contributed by atoms with Gasteiger partial charge >= 0.3 is 6.03 Å². The molecule has 27 heavy (non-hydrogen) atoms. The first-order valence-electron chi connectivity index (χ1n) is 9.86. The van der Waals surface area contributed by atoms with Gasteiger partial charge in [-0.3, -0.25) is 9.69 Å². The lowest BCUT2D eigenvalue weighted by atomic mass is 9.97.